The van der Waals surface area contributed by atoms with Gasteiger partial charge in [-0.2, -0.15) is 8.42 Å². The first kappa shape index (κ1) is 16.3. The van der Waals surface area contributed by atoms with Crippen LogP contribution in [0.15, 0.2) is 48.5 Å². The lowest BCUT2D eigenvalue weighted by molar-refractivity contribution is -0.117. The molecule has 0 radical (unpaired) electrons. The van der Waals surface area contributed by atoms with Crippen molar-refractivity contribution in [3.63, 3.8) is 0 Å². The Kier molecular flexibility index (Phi) is 3.96. The Hall–Kier alpha value is -2.54. The van der Waals surface area contributed by atoms with Crippen LogP contribution >= 0.6 is 0 Å². The highest BCUT2D eigenvalue weighted by atomic mass is 32.2. The number of fused-ring (bicyclic) bond motifs is 1. The van der Waals surface area contributed by atoms with Crippen LogP contribution in [0.1, 0.15) is 18.4 Å². The van der Waals surface area contributed by atoms with Crippen LogP contribution in [0.5, 0.6) is 0 Å². The Balaban J connectivity index is 1.83. The summed E-state index contributed by atoms with van der Waals surface area (Å²) < 4.78 is 26.7. The van der Waals surface area contributed by atoms with Crippen molar-refractivity contribution in [2.75, 3.05) is 28.0 Å². The molecule has 0 aromatic heterocycles. The van der Waals surface area contributed by atoms with E-state index in [1.807, 2.05) is 37.3 Å². The summed E-state index contributed by atoms with van der Waals surface area (Å²) in [6.07, 6.45) is 0. The van der Waals surface area contributed by atoms with Crippen LogP contribution in [0.3, 0.4) is 0 Å². The normalized spacial score (nSPS) is 16.6. The quantitative estimate of drug-likeness (QED) is 0.929. The maximum Gasteiger partial charge on any atom is 0.326 e. The third-order valence-electron chi connectivity index (χ3n) is 4.31. The molecule has 1 heterocycles. The fraction of sp³-hybridized carbons (Fsp3) is 0.235. The van der Waals surface area contributed by atoms with E-state index in [0.29, 0.717) is 17.1 Å². The van der Waals surface area contributed by atoms with E-state index in [9.17, 15) is 13.2 Å². The molecule has 2 aromatic rings. The van der Waals surface area contributed by atoms with Gasteiger partial charge in [0.05, 0.1) is 17.3 Å². The fourth-order valence-corrected chi connectivity index (χ4v) is 3.86. The molecule has 0 bridgehead atoms. The van der Waals surface area contributed by atoms with Gasteiger partial charge in [-0.15, -0.1) is 0 Å². The molecule has 1 aliphatic heterocycles. The number of rotatable bonds is 3. The molecule has 0 spiro atoms. The smallest absolute Gasteiger partial charge is 0.325 e. The Labute approximate surface area is 141 Å². The van der Waals surface area contributed by atoms with Gasteiger partial charge in [-0.05, 0) is 30.7 Å². The van der Waals surface area contributed by atoms with Crippen LogP contribution in [0.25, 0.3) is 0 Å². The van der Waals surface area contributed by atoms with Gasteiger partial charge in [0.15, 0.2) is 0 Å². The summed E-state index contributed by atoms with van der Waals surface area (Å²) in [5, 5.41) is 2.85. The third-order valence-corrected chi connectivity index (χ3v) is 6.08. The number of anilines is 3. The Bertz CT molecular complexity index is 881. The second kappa shape index (κ2) is 5.83. The van der Waals surface area contributed by atoms with Crippen molar-refractivity contribution in [3.05, 3.63) is 54.1 Å². The molecule has 3 rings (SSSR count). The monoisotopic (exact) mass is 345 g/mol. The summed E-state index contributed by atoms with van der Waals surface area (Å²) in [4.78, 5) is 12.4. The van der Waals surface area contributed by atoms with Gasteiger partial charge >= 0.3 is 10.2 Å². The SMILES string of the molecule is C[C@H](C(=O)Nc1ccc2c(c1)N(C)S(=O)(=O)N2C)c1ccccc1. The van der Waals surface area contributed by atoms with Gasteiger partial charge < -0.3 is 5.32 Å². The van der Waals surface area contributed by atoms with Crippen molar-refractivity contribution in [1.29, 1.82) is 0 Å². The van der Waals surface area contributed by atoms with Crippen LogP contribution < -0.4 is 13.9 Å². The van der Waals surface area contributed by atoms with E-state index < -0.39 is 10.2 Å². The first-order valence-electron chi connectivity index (χ1n) is 7.55. The van der Waals surface area contributed by atoms with Gasteiger partial charge in [-0.25, -0.2) is 0 Å². The Morgan fingerprint density at radius 3 is 2.29 bits per heavy atom. The first-order chi connectivity index (χ1) is 11.3. The summed E-state index contributed by atoms with van der Waals surface area (Å²) in [5.74, 6) is -0.443. The number of amides is 1. The zero-order valence-corrected chi connectivity index (χ0v) is 14.5. The lowest BCUT2D eigenvalue weighted by Gasteiger charge is -2.14. The van der Waals surface area contributed by atoms with E-state index in [1.165, 1.54) is 22.7 Å². The van der Waals surface area contributed by atoms with E-state index in [2.05, 4.69) is 5.32 Å². The van der Waals surface area contributed by atoms with Gasteiger partial charge in [0.25, 0.3) is 0 Å². The minimum Gasteiger partial charge on any atom is -0.325 e. The maximum atomic E-state index is 12.4. The van der Waals surface area contributed by atoms with Crippen LogP contribution in [0.2, 0.25) is 0 Å². The molecule has 24 heavy (non-hydrogen) atoms. The van der Waals surface area contributed by atoms with Crippen LogP contribution in [0.4, 0.5) is 17.1 Å². The van der Waals surface area contributed by atoms with E-state index >= 15 is 0 Å². The summed E-state index contributed by atoms with van der Waals surface area (Å²) >= 11 is 0. The number of nitrogens with zero attached hydrogens (tertiary/aromatic N) is 2. The zero-order chi connectivity index (χ0) is 17.5. The van der Waals surface area contributed by atoms with Crippen LogP contribution in [0, 0.1) is 0 Å². The number of hydrogen-bond acceptors (Lipinski definition) is 3. The number of carbonyl (C=O) groups excluding carboxylic acids is 1. The van der Waals surface area contributed by atoms with Crippen molar-refractivity contribution >= 4 is 33.2 Å². The van der Waals surface area contributed by atoms with E-state index in [1.54, 1.807) is 18.2 Å². The molecule has 1 aliphatic rings. The molecule has 0 aliphatic carbocycles. The van der Waals surface area contributed by atoms with Gasteiger partial charge in [0.1, 0.15) is 0 Å². The van der Waals surface area contributed by atoms with Gasteiger partial charge in [-0.1, -0.05) is 30.3 Å². The Morgan fingerprint density at radius 2 is 1.62 bits per heavy atom. The van der Waals surface area contributed by atoms with E-state index in [0.717, 1.165) is 5.56 Å². The number of hydrogen-bond donors (Lipinski definition) is 1. The van der Waals surface area contributed by atoms with Crippen LogP contribution in [-0.4, -0.2) is 28.4 Å². The second-order valence-corrected chi connectivity index (χ2v) is 7.76. The number of nitrogens with one attached hydrogen (secondary N) is 1. The van der Waals surface area contributed by atoms with E-state index in [-0.39, 0.29) is 11.8 Å². The standard InChI is InChI=1S/C17H19N3O3S/c1-12(13-7-5-4-6-8-13)17(21)18-14-9-10-15-16(11-14)20(3)24(22,23)19(15)2/h4-12H,1-3H3,(H,18,21)/t12-/m0/s1. The molecule has 0 fully saturated rings. The first-order valence-corrected chi connectivity index (χ1v) is 8.94. The second-order valence-electron chi connectivity index (χ2n) is 5.77. The highest BCUT2D eigenvalue weighted by molar-refractivity contribution is 7.94. The lowest BCUT2D eigenvalue weighted by Crippen LogP contribution is -2.32. The largest absolute Gasteiger partial charge is 0.326 e. The molecule has 1 N–H and O–H groups in total. The molecular formula is C17H19N3O3S. The summed E-state index contributed by atoms with van der Waals surface area (Å²) in [7, 11) is -0.510. The lowest BCUT2D eigenvalue weighted by atomic mass is 10.0. The van der Waals surface area contributed by atoms with Crippen molar-refractivity contribution in [2.24, 2.45) is 0 Å². The van der Waals surface area contributed by atoms with Gasteiger partial charge in [-0.3, -0.25) is 13.4 Å². The van der Waals surface area contributed by atoms with Crippen molar-refractivity contribution < 1.29 is 13.2 Å². The predicted molar refractivity (Wildman–Crippen MR) is 95.7 cm³/mol. The van der Waals surface area contributed by atoms with Gasteiger partial charge in [0, 0.05) is 19.8 Å². The molecule has 7 heteroatoms. The predicted octanol–water partition coefficient (Wildman–Crippen LogP) is 2.56. The molecule has 0 saturated carbocycles. The average molecular weight is 345 g/mol. The molecular weight excluding hydrogens is 326 g/mol. The average Bonchev–Trinajstić information content (AvgIpc) is 2.75. The minimum absolute atomic E-state index is 0.141. The van der Waals surface area contributed by atoms with E-state index in [4.69, 9.17) is 0 Å². The van der Waals surface area contributed by atoms with Crippen molar-refractivity contribution in [1.82, 2.24) is 0 Å². The molecule has 1 atom stereocenters. The molecule has 0 unspecified atom stereocenters. The number of benzene rings is 2. The summed E-state index contributed by atoms with van der Waals surface area (Å²) in [5.41, 5.74) is 2.63. The fourth-order valence-electron chi connectivity index (χ4n) is 2.70. The molecule has 2 aromatic carbocycles. The highest BCUT2D eigenvalue weighted by Gasteiger charge is 2.35. The maximum absolute atomic E-state index is 12.4. The third kappa shape index (κ3) is 2.60. The molecule has 1 amide bonds. The van der Waals surface area contributed by atoms with Gasteiger partial charge in [0.2, 0.25) is 5.91 Å². The van der Waals surface area contributed by atoms with Crippen molar-refractivity contribution in [3.8, 4) is 0 Å². The molecule has 0 saturated heterocycles. The summed E-state index contributed by atoms with van der Waals surface area (Å²) in [6, 6.07) is 14.6. The van der Waals surface area contributed by atoms with Crippen molar-refractivity contribution in [2.45, 2.75) is 12.8 Å². The Morgan fingerprint density at radius 1 is 1.00 bits per heavy atom. The van der Waals surface area contributed by atoms with Crippen LogP contribution in [-0.2, 0) is 15.0 Å². The highest BCUT2D eigenvalue weighted by Crippen LogP contribution is 2.40. The zero-order valence-electron chi connectivity index (χ0n) is 13.7. The topological polar surface area (TPSA) is 69.7 Å². The molecule has 6 nitrogen and oxygen atoms in total. The summed E-state index contributed by atoms with van der Waals surface area (Å²) in [6.45, 7) is 1.84. The number of carbonyl (C=O) groups is 1. The minimum atomic E-state index is -3.51. The molecule has 126 valence electrons.